The van der Waals surface area contributed by atoms with Gasteiger partial charge >= 0.3 is 5.97 Å². The minimum Gasteiger partial charge on any atom is -0.460 e. The van der Waals surface area contributed by atoms with Gasteiger partial charge in [-0.25, -0.2) is 4.98 Å². The fraction of sp³-hybridized carbons (Fsp3) is 0.706. The van der Waals surface area contributed by atoms with E-state index in [1.54, 1.807) is 12.5 Å². The number of amides is 1. The van der Waals surface area contributed by atoms with Crippen molar-refractivity contribution in [3.63, 3.8) is 0 Å². The predicted octanol–water partition coefficient (Wildman–Crippen LogP) is 1.61. The number of aromatic nitrogens is 2. The van der Waals surface area contributed by atoms with Crippen LogP contribution in [0.2, 0.25) is 0 Å². The topological polar surface area (TPSA) is 64.4 Å². The molecular weight excluding hydrogens is 294 g/mol. The Balaban J connectivity index is 1.36. The quantitative estimate of drug-likeness (QED) is 0.795. The fourth-order valence-electron chi connectivity index (χ4n) is 4.05. The molecule has 3 aliphatic rings. The van der Waals surface area contributed by atoms with E-state index in [1.165, 1.54) is 6.42 Å². The summed E-state index contributed by atoms with van der Waals surface area (Å²) in [7, 11) is 0. The summed E-state index contributed by atoms with van der Waals surface area (Å²) in [6.07, 6.45) is 10.8. The molecule has 0 N–H and O–H groups in total. The van der Waals surface area contributed by atoms with Crippen molar-refractivity contribution in [1.82, 2.24) is 14.5 Å². The molecule has 0 bridgehead atoms. The van der Waals surface area contributed by atoms with Crippen molar-refractivity contribution in [2.75, 3.05) is 13.1 Å². The highest BCUT2D eigenvalue weighted by molar-refractivity contribution is 5.82. The highest BCUT2D eigenvalue weighted by Gasteiger charge is 2.51. The number of carbonyl (C=O) groups excluding carboxylic acids is 2. The van der Waals surface area contributed by atoms with Gasteiger partial charge in [0, 0.05) is 37.8 Å². The minimum absolute atomic E-state index is 0.0710. The van der Waals surface area contributed by atoms with Gasteiger partial charge in [0.25, 0.3) is 0 Å². The van der Waals surface area contributed by atoms with Crippen molar-refractivity contribution in [2.45, 2.75) is 51.2 Å². The fourth-order valence-corrected chi connectivity index (χ4v) is 4.05. The van der Waals surface area contributed by atoms with Crippen LogP contribution >= 0.6 is 0 Å². The van der Waals surface area contributed by atoms with Gasteiger partial charge in [0.2, 0.25) is 5.91 Å². The summed E-state index contributed by atoms with van der Waals surface area (Å²) >= 11 is 0. The average Bonchev–Trinajstić information content (AvgIpc) is 3.08. The van der Waals surface area contributed by atoms with Crippen molar-refractivity contribution >= 4 is 11.9 Å². The third-order valence-corrected chi connectivity index (χ3v) is 5.79. The molecule has 1 spiro atoms. The first-order valence-corrected chi connectivity index (χ1v) is 8.62. The Morgan fingerprint density at radius 1 is 1.35 bits per heavy atom. The maximum atomic E-state index is 12.4. The molecular formula is C17H23N3O3. The lowest BCUT2D eigenvalue weighted by molar-refractivity contribution is -0.153. The van der Waals surface area contributed by atoms with Gasteiger partial charge in [-0.05, 0) is 25.7 Å². The third kappa shape index (κ3) is 2.64. The first-order chi connectivity index (χ1) is 11.2. The van der Waals surface area contributed by atoms with Crippen LogP contribution in [0.1, 0.15) is 38.5 Å². The van der Waals surface area contributed by atoms with Gasteiger partial charge in [0.05, 0.1) is 18.3 Å². The van der Waals surface area contributed by atoms with E-state index in [-0.39, 0.29) is 23.4 Å². The lowest BCUT2D eigenvalue weighted by Crippen LogP contribution is -2.47. The minimum atomic E-state index is -0.373. The highest BCUT2D eigenvalue weighted by Crippen LogP contribution is 2.44. The summed E-state index contributed by atoms with van der Waals surface area (Å²) in [5, 5.41) is 0. The van der Waals surface area contributed by atoms with Crippen molar-refractivity contribution < 1.29 is 14.3 Å². The van der Waals surface area contributed by atoms with E-state index >= 15 is 0 Å². The molecule has 0 radical (unpaired) electrons. The van der Waals surface area contributed by atoms with E-state index in [4.69, 9.17) is 4.74 Å². The Hall–Kier alpha value is -1.85. The SMILES string of the molecule is O=C(C1CCC1)N1CCC2(CC1)CC(Cn1ccnc1)OC2=O. The molecule has 1 aromatic rings. The van der Waals surface area contributed by atoms with Crippen LogP contribution < -0.4 is 0 Å². The van der Waals surface area contributed by atoms with Crippen LogP contribution in [-0.4, -0.2) is 45.5 Å². The van der Waals surface area contributed by atoms with E-state index in [0.717, 1.165) is 32.1 Å². The zero-order valence-electron chi connectivity index (χ0n) is 13.3. The first-order valence-electron chi connectivity index (χ1n) is 8.62. The molecule has 1 unspecified atom stereocenters. The number of piperidine rings is 1. The lowest BCUT2D eigenvalue weighted by atomic mass is 9.75. The Labute approximate surface area is 135 Å². The number of likely N-dealkylation sites (tertiary alicyclic amines) is 1. The van der Waals surface area contributed by atoms with E-state index in [9.17, 15) is 9.59 Å². The summed E-state index contributed by atoms with van der Waals surface area (Å²) < 4.78 is 7.56. The number of cyclic esters (lactones) is 1. The van der Waals surface area contributed by atoms with Gasteiger partial charge in [-0.1, -0.05) is 6.42 Å². The number of hydrogen-bond acceptors (Lipinski definition) is 4. The number of esters is 1. The molecule has 2 saturated heterocycles. The smallest absolute Gasteiger partial charge is 0.312 e. The molecule has 3 fully saturated rings. The second-order valence-electron chi connectivity index (χ2n) is 7.22. The maximum absolute atomic E-state index is 12.4. The first kappa shape index (κ1) is 14.7. The summed E-state index contributed by atoms with van der Waals surface area (Å²) in [5.74, 6) is 0.472. The average molecular weight is 317 g/mol. The summed E-state index contributed by atoms with van der Waals surface area (Å²) in [4.78, 5) is 30.7. The Kier molecular flexibility index (Phi) is 3.62. The molecule has 1 aliphatic carbocycles. The van der Waals surface area contributed by atoms with Gasteiger partial charge in [0.1, 0.15) is 6.10 Å². The Bertz CT molecular complexity index is 586. The van der Waals surface area contributed by atoms with Crippen LogP contribution in [-0.2, 0) is 20.9 Å². The normalized spacial score (nSPS) is 27.0. The van der Waals surface area contributed by atoms with Crippen LogP contribution in [0, 0.1) is 11.3 Å². The van der Waals surface area contributed by atoms with Gasteiger partial charge in [-0.2, -0.15) is 0 Å². The molecule has 1 atom stereocenters. The van der Waals surface area contributed by atoms with Crippen LogP contribution in [0.15, 0.2) is 18.7 Å². The zero-order valence-corrected chi connectivity index (χ0v) is 13.3. The second kappa shape index (κ2) is 5.65. The molecule has 3 heterocycles. The Morgan fingerprint density at radius 3 is 2.74 bits per heavy atom. The molecule has 1 saturated carbocycles. The zero-order chi connectivity index (χ0) is 15.9. The van der Waals surface area contributed by atoms with Crippen LogP contribution in [0.5, 0.6) is 0 Å². The highest BCUT2D eigenvalue weighted by atomic mass is 16.6. The number of rotatable bonds is 3. The molecule has 4 rings (SSSR count). The largest absolute Gasteiger partial charge is 0.460 e. The second-order valence-corrected chi connectivity index (χ2v) is 7.22. The van der Waals surface area contributed by atoms with Crippen LogP contribution in [0.25, 0.3) is 0 Å². The predicted molar refractivity (Wildman–Crippen MR) is 82.3 cm³/mol. The summed E-state index contributed by atoms with van der Waals surface area (Å²) in [5.41, 5.74) is -0.373. The van der Waals surface area contributed by atoms with E-state index in [0.29, 0.717) is 25.5 Å². The van der Waals surface area contributed by atoms with Gasteiger partial charge < -0.3 is 14.2 Å². The number of carbonyl (C=O) groups is 2. The van der Waals surface area contributed by atoms with Gasteiger partial charge in [-0.15, -0.1) is 0 Å². The van der Waals surface area contributed by atoms with Crippen molar-refractivity contribution in [1.29, 1.82) is 0 Å². The van der Waals surface area contributed by atoms with Crippen molar-refractivity contribution in [3.05, 3.63) is 18.7 Å². The lowest BCUT2D eigenvalue weighted by Gasteiger charge is -2.39. The van der Waals surface area contributed by atoms with Crippen LogP contribution in [0.4, 0.5) is 0 Å². The number of imidazole rings is 1. The molecule has 6 heteroatoms. The molecule has 1 aromatic heterocycles. The number of ether oxygens (including phenoxy) is 1. The molecule has 1 amide bonds. The standard InChI is InChI=1S/C17H23N3O3/c21-15(13-2-1-3-13)20-7-4-17(5-8-20)10-14(23-16(17)22)11-19-9-6-18-12-19/h6,9,12-14H,1-5,7-8,10-11H2. The molecule has 0 aromatic carbocycles. The van der Waals surface area contributed by atoms with Crippen LogP contribution in [0.3, 0.4) is 0 Å². The van der Waals surface area contributed by atoms with Crippen molar-refractivity contribution in [2.24, 2.45) is 11.3 Å². The number of hydrogen-bond donors (Lipinski definition) is 0. The van der Waals surface area contributed by atoms with Gasteiger partial charge in [0.15, 0.2) is 0 Å². The molecule has 124 valence electrons. The molecule has 2 aliphatic heterocycles. The summed E-state index contributed by atoms with van der Waals surface area (Å²) in [6.45, 7) is 2.06. The Morgan fingerprint density at radius 2 is 2.13 bits per heavy atom. The van der Waals surface area contributed by atoms with E-state index in [1.807, 2.05) is 15.7 Å². The van der Waals surface area contributed by atoms with Gasteiger partial charge in [-0.3, -0.25) is 9.59 Å². The van der Waals surface area contributed by atoms with E-state index in [2.05, 4.69) is 4.98 Å². The number of nitrogens with zero attached hydrogens (tertiary/aromatic N) is 3. The van der Waals surface area contributed by atoms with E-state index < -0.39 is 0 Å². The maximum Gasteiger partial charge on any atom is 0.312 e. The molecule has 23 heavy (non-hydrogen) atoms. The third-order valence-electron chi connectivity index (χ3n) is 5.79. The monoisotopic (exact) mass is 317 g/mol. The molecule has 6 nitrogen and oxygen atoms in total. The van der Waals surface area contributed by atoms with Crippen molar-refractivity contribution in [3.8, 4) is 0 Å². The summed E-state index contributed by atoms with van der Waals surface area (Å²) in [6, 6.07) is 0.